The molecule has 0 aliphatic carbocycles. The molecule has 78 valence electrons. The molecule has 0 aromatic carbocycles. The average Bonchev–Trinajstić information content (AvgIpc) is 2.19. The number of aromatic nitrogens is 1. The number of ketones is 1. The van der Waals surface area contributed by atoms with Gasteiger partial charge in [0.1, 0.15) is 5.92 Å². The third kappa shape index (κ3) is 2.53. The van der Waals surface area contributed by atoms with E-state index in [4.69, 9.17) is 5.26 Å². The minimum atomic E-state index is -5.00. The predicted molar refractivity (Wildman–Crippen MR) is 43.7 cm³/mol. The monoisotopic (exact) mass is 214 g/mol. The van der Waals surface area contributed by atoms with Crippen LogP contribution in [0.2, 0.25) is 0 Å². The molecule has 0 aliphatic heterocycles. The van der Waals surface area contributed by atoms with Crippen molar-refractivity contribution in [1.82, 2.24) is 4.98 Å². The summed E-state index contributed by atoms with van der Waals surface area (Å²) in [6.45, 7) is 0. The Bertz CT molecular complexity index is 394. The lowest BCUT2D eigenvalue weighted by Crippen LogP contribution is -2.28. The fourth-order valence-electron chi connectivity index (χ4n) is 1.00. The van der Waals surface area contributed by atoms with E-state index in [1.165, 1.54) is 30.6 Å². The molecule has 0 spiro atoms. The van der Waals surface area contributed by atoms with Crippen LogP contribution in [0.3, 0.4) is 0 Å². The Morgan fingerprint density at radius 1 is 1.40 bits per heavy atom. The summed E-state index contributed by atoms with van der Waals surface area (Å²) in [6, 6.07) is 3.74. The summed E-state index contributed by atoms with van der Waals surface area (Å²) >= 11 is 0. The Hall–Kier alpha value is -1.90. The van der Waals surface area contributed by atoms with Gasteiger partial charge in [-0.25, -0.2) is 0 Å². The van der Waals surface area contributed by atoms with Gasteiger partial charge in [0, 0.05) is 12.4 Å². The van der Waals surface area contributed by atoms with Crippen LogP contribution in [0.25, 0.3) is 0 Å². The van der Waals surface area contributed by atoms with Gasteiger partial charge in [0.15, 0.2) is 0 Å². The van der Waals surface area contributed by atoms with Crippen LogP contribution < -0.4 is 0 Å². The Kier molecular flexibility index (Phi) is 3.04. The van der Waals surface area contributed by atoms with Crippen molar-refractivity contribution in [3.63, 3.8) is 0 Å². The number of nitriles is 1. The molecule has 0 saturated carbocycles. The lowest BCUT2D eigenvalue weighted by molar-refractivity contribution is -0.171. The van der Waals surface area contributed by atoms with E-state index in [9.17, 15) is 18.0 Å². The fourth-order valence-corrected chi connectivity index (χ4v) is 1.00. The van der Waals surface area contributed by atoms with Crippen molar-refractivity contribution < 1.29 is 18.0 Å². The van der Waals surface area contributed by atoms with Crippen LogP contribution in [0.4, 0.5) is 13.2 Å². The van der Waals surface area contributed by atoms with E-state index in [0.29, 0.717) is 0 Å². The van der Waals surface area contributed by atoms with Gasteiger partial charge in [-0.1, -0.05) is 0 Å². The Morgan fingerprint density at radius 3 is 2.33 bits per heavy atom. The molecule has 6 heteroatoms. The van der Waals surface area contributed by atoms with E-state index in [0.717, 1.165) is 0 Å². The molecule has 1 heterocycles. The van der Waals surface area contributed by atoms with E-state index < -0.39 is 17.9 Å². The highest BCUT2D eigenvalue weighted by Gasteiger charge is 2.44. The van der Waals surface area contributed by atoms with Crippen molar-refractivity contribution in [3.8, 4) is 6.07 Å². The first-order valence-corrected chi connectivity index (χ1v) is 3.87. The van der Waals surface area contributed by atoms with Crippen molar-refractivity contribution in [3.05, 3.63) is 30.1 Å². The van der Waals surface area contributed by atoms with Crippen LogP contribution in [0.5, 0.6) is 0 Å². The Balaban J connectivity index is 3.03. The average molecular weight is 214 g/mol. The smallest absolute Gasteiger partial charge is 0.288 e. The second-order valence-electron chi connectivity index (χ2n) is 2.70. The number of carbonyl (C=O) groups excluding carboxylic acids is 1. The Labute approximate surface area is 83.2 Å². The third-order valence-electron chi connectivity index (χ3n) is 1.71. The normalized spacial score (nSPS) is 12.9. The zero-order valence-corrected chi connectivity index (χ0v) is 7.32. The number of rotatable bonds is 2. The van der Waals surface area contributed by atoms with E-state index >= 15 is 0 Å². The summed E-state index contributed by atoms with van der Waals surface area (Å²) in [5.74, 6) is -3.87. The summed E-state index contributed by atoms with van der Waals surface area (Å²) in [7, 11) is 0. The van der Waals surface area contributed by atoms with Gasteiger partial charge in [-0.2, -0.15) is 18.4 Å². The molecule has 15 heavy (non-hydrogen) atoms. The second-order valence-corrected chi connectivity index (χ2v) is 2.70. The first kappa shape index (κ1) is 11.2. The number of hydrogen-bond donors (Lipinski definition) is 0. The van der Waals surface area contributed by atoms with Crippen molar-refractivity contribution in [2.45, 2.75) is 12.1 Å². The van der Waals surface area contributed by atoms with Crippen molar-refractivity contribution >= 4 is 5.78 Å². The maximum Gasteiger partial charge on any atom is 0.451 e. The van der Waals surface area contributed by atoms with E-state index in [1.54, 1.807) is 0 Å². The molecule has 1 aromatic rings. The topological polar surface area (TPSA) is 53.8 Å². The first-order valence-electron chi connectivity index (χ1n) is 3.87. The number of halogens is 3. The standard InChI is InChI=1S/C9H5F3N2O/c10-9(11,12)8(15)7(5-13)6-1-3-14-4-2-6/h1-4,7H. The minimum Gasteiger partial charge on any atom is -0.288 e. The molecule has 1 unspecified atom stereocenters. The molecule has 0 radical (unpaired) electrons. The quantitative estimate of drug-likeness (QED) is 0.754. The molecule has 0 bridgehead atoms. The zero-order valence-electron chi connectivity index (χ0n) is 7.32. The summed E-state index contributed by atoms with van der Waals surface area (Å²) < 4.78 is 36.2. The van der Waals surface area contributed by atoms with Crippen LogP contribution >= 0.6 is 0 Å². The number of nitrogens with zero attached hydrogens (tertiary/aromatic N) is 2. The SMILES string of the molecule is N#CC(C(=O)C(F)(F)F)c1ccncc1. The molecule has 0 aliphatic rings. The van der Waals surface area contributed by atoms with E-state index in [-0.39, 0.29) is 5.56 Å². The van der Waals surface area contributed by atoms with Gasteiger partial charge >= 0.3 is 6.18 Å². The lowest BCUT2D eigenvalue weighted by atomic mass is 9.97. The van der Waals surface area contributed by atoms with Crippen molar-refractivity contribution in [2.24, 2.45) is 0 Å². The van der Waals surface area contributed by atoms with Gasteiger partial charge in [-0.3, -0.25) is 9.78 Å². The van der Waals surface area contributed by atoms with Gasteiger partial charge in [0.25, 0.3) is 5.78 Å². The molecule has 0 amide bonds. The van der Waals surface area contributed by atoms with Gasteiger partial charge < -0.3 is 0 Å². The molecule has 0 saturated heterocycles. The highest BCUT2D eigenvalue weighted by atomic mass is 19.4. The molecular formula is C9H5F3N2O. The van der Waals surface area contributed by atoms with E-state index in [1.807, 2.05) is 0 Å². The zero-order chi connectivity index (χ0) is 11.5. The fraction of sp³-hybridized carbons (Fsp3) is 0.222. The predicted octanol–water partition coefficient (Wildman–Crippen LogP) is 1.82. The van der Waals surface area contributed by atoms with Gasteiger partial charge in [-0.15, -0.1) is 0 Å². The largest absolute Gasteiger partial charge is 0.451 e. The van der Waals surface area contributed by atoms with Crippen LogP contribution in [0.15, 0.2) is 24.5 Å². The number of Topliss-reactive ketones (excluding diaryl/α,β-unsaturated/α-hetero) is 1. The van der Waals surface area contributed by atoms with E-state index in [2.05, 4.69) is 4.98 Å². The third-order valence-corrected chi connectivity index (χ3v) is 1.71. The molecule has 1 rings (SSSR count). The number of carbonyl (C=O) groups is 1. The van der Waals surface area contributed by atoms with Gasteiger partial charge in [0.2, 0.25) is 0 Å². The molecule has 3 nitrogen and oxygen atoms in total. The molecular weight excluding hydrogens is 209 g/mol. The first-order chi connectivity index (χ1) is 6.96. The molecule has 1 atom stereocenters. The second kappa shape index (κ2) is 4.09. The molecule has 1 aromatic heterocycles. The van der Waals surface area contributed by atoms with Crippen molar-refractivity contribution in [2.75, 3.05) is 0 Å². The Morgan fingerprint density at radius 2 is 1.93 bits per heavy atom. The summed E-state index contributed by atoms with van der Waals surface area (Å²) in [4.78, 5) is 14.4. The van der Waals surface area contributed by atoms with Crippen molar-refractivity contribution in [1.29, 1.82) is 5.26 Å². The molecule has 0 fully saturated rings. The maximum atomic E-state index is 12.1. The van der Waals surface area contributed by atoms with Crippen LogP contribution in [0, 0.1) is 11.3 Å². The molecule has 0 N–H and O–H groups in total. The highest BCUT2D eigenvalue weighted by molar-refractivity contribution is 5.92. The van der Waals surface area contributed by atoms with Gasteiger partial charge in [-0.05, 0) is 17.7 Å². The summed E-state index contributed by atoms with van der Waals surface area (Å²) in [6.07, 6.45) is -2.55. The lowest BCUT2D eigenvalue weighted by Gasteiger charge is -2.10. The number of hydrogen-bond acceptors (Lipinski definition) is 3. The van der Waals surface area contributed by atoms with Gasteiger partial charge in [0.05, 0.1) is 6.07 Å². The van der Waals surface area contributed by atoms with Crippen LogP contribution in [-0.4, -0.2) is 16.9 Å². The maximum absolute atomic E-state index is 12.1. The van der Waals surface area contributed by atoms with Crippen LogP contribution in [-0.2, 0) is 4.79 Å². The number of alkyl halides is 3. The summed E-state index contributed by atoms with van der Waals surface area (Å²) in [5, 5.41) is 8.52. The van der Waals surface area contributed by atoms with Crippen LogP contribution in [0.1, 0.15) is 11.5 Å². The minimum absolute atomic E-state index is 0.00479. The highest BCUT2D eigenvalue weighted by Crippen LogP contribution is 2.26. The summed E-state index contributed by atoms with van der Waals surface area (Å²) in [5.41, 5.74) is -0.00479. The number of pyridine rings is 1.